The van der Waals surface area contributed by atoms with E-state index < -0.39 is 33.2 Å². The van der Waals surface area contributed by atoms with Gasteiger partial charge in [-0.3, -0.25) is 14.7 Å². The fraction of sp³-hybridized carbons (Fsp3) is 0.421. The Hall–Kier alpha value is -2.89. The second-order valence-corrected chi connectivity index (χ2v) is 9.92. The number of halogens is 3. The van der Waals surface area contributed by atoms with Crippen LogP contribution in [0.15, 0.2) is 24.4 Å². The smallest absolute Gasteiger partial charge is 0.337 e. The average molecular weight is 456 g/mol. The summed E-state index contributed by atoms with van der Waals surface area (Å²) in [6.07, 6.45) is -2.50. The molecule has 0 spiro atoms. The number of aromatic nitrogens is 2. The van der Waals surface area contributed by atoms with Crippen molar-refractivity contribution in [3.63, 3.8) is 0 Å². The van der Waals surface area contributed by atoms with Gasteiger partial charge in [0, 0.05) is 42.0 Å². The minimum Gasteiger partial charge on any atom is -0.337 e. The highest BCUT2D eigenvalue weighted by atomic mass is 32.2. The molecule has 0 bridgehead atoms. The maximum Gasteiger partial charge on any atom is 0.420 e. The van der Waals surface area contributed by atoms with Gasteiger partial charge in [0.25, 0.3) is 5.91 Å². The molecule has 2 aliphatic rings. The number of rotatable bonds is 4. The van der Waals surface area contributed by atoms with E-state index in [-0.39, 0.29) is 53.2 Å². The van der Waals surface area contributed by atoms with Crippen LogP contribution in [0.1, 0.15) is 28.8 Å². The molecule has 1 aliphatic carbocycles. The maximum atomic E-state index is 13.5. The van der Waals surface area contributed by atoms with Gasteiger partial charge in [0.2, 0.25) is 5.91 Å². The summed E-state index contributed by atoms with van der Waals surface area (Å²) >= 11 is 0. The molecule has 2 heterocycles. The van der Waals surface area contributed by atoms with Crippen LogP contribution in [0, 0.1) is 5.92 Å². The number of hydrogen-bond donors (Lipinski definition) is 2. The van der Waals surface area contributed by atoms with Crippen LogP contribution in [0.3, 0.4) is 0 Å². The van der Waals surface area contributed by atoms with Gasteiger partial charge in [0.1, 0.15) is 11.3 Å². The first-order chi connectivity index (χ1) is 14.5. The Kier molecular flexibility index (Phi) is 5.28. The molecule has 1 aliphatic heterocycles. The van der Waals surface area contributed by atoms with Crippen molar-refractivity contribution in [1.29, 1.82) is 0 Å². The molecule has 1 aromatic carbocycles. The summed E-state index contributed by atoms with van der Waals surface area (Å²) in [5.74, 6) is -1.36. The first-order valence-electron chi connectivity index (χ1n) is 9.61. The number of benzene rings is 1. The van der Waals surface area contributed by atoms with E-state index in [4.69, 9.17) is 0 Å². The Bertz CT molecular complexity index is 1130. The molecule has 1 saturated carbocycles. The monoisotopic (exact) mass is 456 g/mol. The van der Waals surface area contributed by atoms with E-state index in [9.17, 15) is 31.2 Å². The molecule has 2 amide bonds. The Balaban J connectivity index is 1.73. The number of hydrogen-bond acceptors (Lipinski definition) is 5. The highest BCUT2D eigenvalue weighted by Crippen LogP contribution is 2.38. The lowest BCUT2D eigenvalue weighted by molar-refractivity contribution is -0.137. The largest absolute Gasteiger partial charge is 0.420 e. The second-order valence-electron chi connectivity index (χ2n) is 7.61. The van der Waals surface area contributed by atoms with Crippen molar-refractivity contribution in [3.8, 4) is 11.3 Å². The molecular weight excluding hydrogens is 437 g/mol. The lowest BCUT2D eigenvalue weighted by atomic mass is 9.99. The zero-order valence-corrected chi connectivity index (χ0v) is 17.0. The molecule has 2 aromatic rings. The minimum atomic E-state index is -4.71. The van der Waals surface area contributed by atoms with Crippen LogP contribution >= 0.6 is 0 Å². The third-order valence-corrected chi connectivity index (χ3v) is 6.91. The van der Waals surface area contributed by atoms with E-state index in [0.717, 1.165) is 12.8 Å². The highest BCUT2D eigenvalue weighted by molar-refractivity contribution is 7.91. The number of sulfone groups is 1. The Labute approximate surface area is 175 Å². The van der Waals surface area contributed by atoms with Crippen molar-refractivity contribution in [2.75, 3.05) is 29.9 Å². The van der Waals surface area contributed by atoms with Crippen LogP contribution in [0.4, 0.5) is 18.9 Å². The Morgan fingerprint density at radius 1 is 1.16 bits per heavy atom. The van der Waals surface area contributed by atoms with E-state index in [2.05, 4.69) is 15.5 Å². The van der Waals surface area contributed by atoms with Crippen LogP contribution in [-0.4, -0.2) is 59.9 Å². The fourth-order valence-electron chi connectivity index (χ4n) is 3.39. The third-order valence-electron chi connectivity index (χ3n) is 5.30. The molecule has 2 fully saturated rings. The van der Waals surface area contributed by atoms with Crippen LogP contribution in [0.5, 0.6) is 0 Å². The Morgan fingerprint density at radius 3 is 2.45 bits per heavy atom. The van der Waals surface area contributed by atoms with Gasteiger partial charge in [-0.25, -0.2) is 8.42 Å². The van der Waals surface area contributed by atoms with E-state index >= 15 is 0 Å². The number of amides is 2. The summed E-state index contributed by atoms with van der Waals surface area (Å²) in [5, 5.41) is 8.55. The van der Waals surface area contributed by atoms with Gasteiger partial charge in [-0.15, -0.1) is 0 Å². The minimum absolute atomic E-state index is 0.0481. The summed E-state index contributed by atoms with van der Waals surface area (Å²) in [6.45, 7) is -0.0963. The molecule has 0 unspecified atom stereocenters. The number of nitrogens with zero attached hydrogens (tertiary/aromatic N) is 2. The van der Waals surface area contributed by atoms with Crippen LogP contribution in [0.25, 0.3) is 11.3 Å². The number of aromatic amines is 1. The van der Waals surface area contributed by atoms with Gasteiger partial charge < -0.3 is 10.2 Å². The van der Waals surface area contributed by atoms with Crippen LogP contribution in [0.2, 0.25) is 0 Å². The maximum absolute atomic E-state index is 13.5. The van der Waals surface area contributed by atoms with Crippen molar-refractivity contribution < 1.29 is 31.2 Å². The third kappa shape index (κ3) is 4.58. The van der Waals surface area contributed by atoms with Gasteiger partial charge in [-0.05, 0) is 31.0 Å². The zero-order valence-electron chi connectivity index (χ0n) is 16.2. The number of carbonyl (C=O) groups excluding carboxylic acids is 2. The molecule has 31 heavy (non-hydrogen) atoms. The van der Waals surface area contributed by atoms with Gasteiger partial charge in [0.15, 0.2) is 9.84 Å². The lowest BCUT2D eigenvalue weighted by Crippen LogP contribution is -2.43. The number of alkyl halides is 3. The fourth-order valence-corrected chi connectivity index (χ4v) is 4.59. The van der Waals surface area contributed by atoms with Crippen molar-refractivity contribution in [2.45, 2.75) is 19.0 Å². The number of H-pyrrole nitrogens is 1. The molecule has 0 radical (unpaired) electrons. The summed E-state index contributed by atoms with van der Waals surface area (Å²) in [6, 6.07) is 4.06. The van der Waals surface area contributed by atoms with Crippen molar-refractivity contribution in [3.05, 3.63) is 35.5 Å². The molecule has 8 nitrogen and oxygen atoms in total. The number of anilines is 1. The van der Waals surface area contributed by atoms with Crippen LogP contribution in [-0.2, 0) is 20.8 Å². The Morgan fingerprint density at radius 2 is 1.84 bits per heavy atom. The molecule has 2 N–H and O–H groups in total. The highest BCUT2D eigenvalue weighted by Gasteiger charge is 2.37. The normalized spacial score (nSPS) is 18.6. The molecular formula is C19H19F3N4O4S. The van der Waals surface area contributed by atoms with E-state index in [1.54, 1.807) is 0 Å². The van der Waals surface area contributed by atoms with Crippen LogP contribution < -0.4 is 5.32 Å². The first-order valence-corrected chi connectivity index (χ1v) is 11.4. The predicted octanol–water partition coefficient (Wildman–Crippen LogP) is 2.31. The topological polar surface area (TPSA) is 112 Å². The van der Waals surface area contributed by atoms with Gasteiger partial charge in [-0.1, -0.05) is 0 Å². The molecule has 1 aromatic heterocycles. The molecule has 0 atom stereocenters. The summed E-state index contributed by atoms with van der Waals surface area (Å²) in [5.41, 5.74) is -1.42. The van der Waals surface area contributed by atoms with Crippen molar-refractivity contribution in [1.82, 2.24) is 15.1 Å². The quantitative estimate of drug-likeness (QED) is 0.733. The van der Waals surface area contributed by atoms with Gasteiger partial charge >= 0.3 is 6.18 Å². The number of nitrogens with one attached hydrogen (secondary N) is 2. The predicted molar refractivity (Wildman–Crippen MR) is 105 cm³/mol. The SMILES string of the molecule is O=C(Nc1ccc(C(=O)N2CCS(=O)(=O)CC2)c(-c2n[nH]cc2C(F)(F)F)c1)C1CC1. The van der Waals surface area contributed by atoms with E-state index in [1.165, 1.54) is 23.1 Å². The lowest BCUT2D eigenvalue weighted by Gasteiger charge is -2.27. The molecule has 12 heteroatoms. The zero-order chi connectivity index (χ0) is 22.4. The first kappa shape index (κ1) is 21.3. The molecule has 4 rings (SSSR count). The average Bonchev–Trinajstić information content (AvgIpc) is 3.43. The number of carbonyl (C=O) groups is 2. The van der Waals surface area contributed by atoms with Gasteiger partial charge in [0.05, 0.1) is 11.5 Å². The van der Waals surface area contributed by atoms with Crippen molar-refractivity contribution >= 4 is 27.3 Å². The second kappa shape index (κ2) is 7.66. The van der Waals surface area contributed by atoms with E-state index in [1.807, 2.05) is 0 Å². The standard InChI is InChI=1S/C19H19F3N4O4S/c20-19(21,22)15-10-23-25-16(15)14-9-12(24-17(27)11-1-2-11)3-4-13(14)18(28)26-5-7-31(29,30)8-6-26/h3-4,9-11H,1-2,5-8H2,(H,23,25)(H,24,27). The summed E-state index contributed by atoms with van der Waals surface area (Å²) in [7, 11) is -3.24. The summed E-state index contributed by atoms with van der Waals surface area (Å²) in [4.78, 5) is 26.4. The van der Waals surface area contributed by atoms with Crippen molar-refractivity contribution in [2.24, 2.45) is 5.92 Å². The summed E-state index contributed by atoms with van der Waals surface area (Å²) < 4.78 is 63.7. The molecule has 166 valence electrons. The van der Waals surface area contributed by atoms with E-state index in [0.29, 0.717) is 6.20 Å². The molecule has 1 saturated heterocycles. The van der Waals surface area contributed by atoms with Gasteiger partial charge in [-0.2, -0.15) is 18.3 Å².